The van der Waals surface area contributed by atoms with Gasteiger partial charge in [0.1, 0.15) is 22.8 Å². The number of piperidine rings is 1. The molecule has 234 valence electrons. The van der Waals surface area contributed by atoms with Crippen molar-refractivity contribution < 1.29 is 28.6 Å². The summed E-state index contributed by atoms with van der Waals surface area (Å²) in [6.07, 6.45) is 3.65. The number of amides is 4. The zero-order chi connectivity index (χ0) is 31.4. The number of benzene rings is 2. The lowest BCUT2D eigenvalue weighted by Gasteiger charge is -2.33. The maximum Gasteiger partial charge on any atom is 0.410 e. The second kappa shape index (κ2) is 13.2. The number of fused-ring (bicyclic) bond motifs is 1. The van der Waals surface area contributed by atoms with Crippen LogP contribution in [0.2, 0.25) is 0 Å². The van der Waals surface area contributed by atoms with Gasteiger partial charge >= 0.3 is 12.1 Å². The highest BCUT2D eigenvalue weighted by molar-refractivity contribution is 6.23. The van der Waals surface area contributed by atoms with Gasteiger partial charge in [-0.15, -0.1) is 11.6 Å². The lowest BCUT2D eigenvalue weighted by atomic mass is 9.98. The summed E-state index contributed by atoms with van der Waals surface area (Å²) < 4.78 is 17.9. The minimum atomic E-state index is -0.533. The Labute approximate surface area is 261 Å². The Balaban J connectivity index is 1.25. The molecule has 3 aromatic rings. The van der Waals surface area contributed by atoms with Crippen LogP contribution >= 0.6 is 11.6 Å². The van der Waals surface area contributed by atoms with Crippen LogP contribution in [0.3, 0.4) is 0 Å². The van der Waals surface area contributed by atoms with Crippen molar-refractivity contribution in [2.75, 3.05) is 32.1 Å². The minimum Gasteiger partial charge on any atom is -0.492 e. The summed E-state index contributed by atoms with van der Waals surface area (Å²) in [7, 11) is 1.57. The Morgan fingerprint density at radius 2 is 1.75 bits per heavy atom. The fourth-order valence-corrected chi connectivity index (χ4v) is 5.12. The van der Waals surface area contributed by atoms with Crippen molar-refractivity contribution in [1.82, 2.24) is 20.5 Å². The quantitative estimate of drug-likeness (QED) is 0.266. The number of ether oxygens (including phenoxy) is 3. The highest BCUT2D eigenvalue weighted by Crippen LogP contribution is 2.34. The highest BCUT2D eigenvalue weighted by atomic mass is 35.5. The third-order valence-electron chi connectivity index (χ3n) is 7.38. The first-order chi connectivity index (χ1) is 21.0. The SMILES string of the molecule is CNC(=O)c1cc2c(Oc3ccc(NC(=O)NC4CC4Cl)cc3)ccnc2cc1OCC1CCN(C(=O)OC(C)(C)C)CC1. The minimum absolute atomic E-state index is 0.00565. The molecule has 12 heteroatoms. The van der Waals surface area contributed by atoms with E-state index in [2.05, 4.69) is 20.9 Å². The van der Waals surface area contributed by atoms with E-state index >= 15 is 0 Å². The number of likely N-dealkylation sites (tertiary alicyclic amines) is 1. The van der Waals surface area contributed by atoms with Gasteiger partial charge in [0.05, 0.1) is 23.1 Å². The van der Waals surface area contributed by atoms with Crippen LogP contribution in [-0.2, 0) is 4.74 Å². The van der Waals surface area contributed by atoms with Crippen LogP contribution in [0.1, 0.15) is 50.4 Å². The van der Waals surface area contributed by atoms with E-state index in [1.165, 1.54) is 0 Å². The number of hydrogen-bond acceptors (Lipinski definition) is 7. The maximum absolute atomic E-state index is 12.9. The number of halogens is 1. The summed E-state index contributed by atoms with van der Waals surface area (Å²) in [5.74, 6) is 1.42. The van der Waals surface area contributed by atoms with Crippen LogP contribution in [0.25, 0.3) is 10.9 Å². The molecule has 4 amide bonds. The molecule has 1 saturated carbocycles. The molecule has 2 unspecified atom stereocenters. The molecule has 0 spiro atoms. The first-order valence-corrected chi connectivity index (χ1v) is 15.2. The van der Waals surface area contributed by atoms with Crippen LogP contribution in [0.4, 0.5) is 15.3 Å². The zero-order valence-corrected chi connectivity index (χ0v) is 26.1. The normalized spacial score (nSPS) is 18.3. The summed E-state index contributed by atoms with van der Waals surface area (Å²) in [5.41, 5.74) is 1.05. The molecule has 0 radical (unpaired) electrons. The third kappa shape index (κ3) is 8.02. The lowest BCUT2D eigenvalue weighted by molar-refractivity contribution is 0.0164. The van der Waals surface area contributed by atoms with E-state index in [1.807, 2.05) is 20.8 Å². The number of pyridine rings is 1. The van der Waals surface area contributed by atoms with Gasteiger partial charge in [0, 0.05) is 49.5 Å². The van der Waals surface area contributed by atoms with Gasteiger partial charge in [-0.2, -0.15) is 0 Å². The van der Waals surface area contributed by atoms with E-state index in [-0.39, 0.29) is 35.4 Å². The molecule has 2 atom stereocenters. The van der Waals surface area contributed by atoms with E-state index in [0.29, 0.717) is 59.1 Å². The van der Waals surface area contributed by atoms with E-state index < -0.39 is 5.60 Å². The number of hydrogen-bond donors (Lipinski definition) is 3. The maximum atomic E-state index is 12.9. The molecule has 5 rings (SSSR count). The van der Waals surface area contributed by atoms with Crippen LogP contribution < -0.4 is 25.4 Å². The van der Waals surface area contributed by atoms with Crippen molar-refractivity contribution in [2.24, 2.45) is 5.92 Å². The molecule has 2 aromatic carbocycles. The number of aromatic nitrogens is 1. The Morgan fingerprint density at radius 1 is 1.05 bits per heavy atom. The van der Waals surface area contributed by atoms with Crippen LogP contribution in [0, 0.1) is 5.92 Å². The molecule has 1 aromatic heterocycles. The number of rotatable bonds is 8. The summed E-state index contributed by atoms with van der Waals surface area (Å²) in [6, 6.07) is 11.9. The van der Waals surface area contributed by atoms with Crippen molar-refractivity contribution in [3.05, 3.63) is 54.2 Å². The molecular formula is C32H38ClN5O6. The van der Waals surface area contributed by atoms with Crippen LogP contribution in [0.5, 0.6) is 17.2 Å². The molecule has 2 fully saturated rings. The van der Waals surface area contributed by atoms with Gasteiger partial charge in [-0.05, 0) is 82.3 Å². The number of carbonyl (C=O) groups excluding carboxylic acids is 3. The predicted octanol–water partition coefficient (Wildman–Crippen LogP) is 5.91. The summed E-state index contributed by atoms with van der Waals surface area (Å²) in [6.45, 7) is 7.14. The lowest BCUT2D eigenvalue weighted by Crippen LogP contribution is -2.42. The molecule has 44 heavy (non-hydrogen) atoms. The van der Waals surface area contributed by atoms with Crippen molar-refractivity contribution >= 4 is 46.2 Å². The molecule has 1 aliphatic heterocycles. The van der Waals surface area contributed by atoms with Crippen molar-refractivity contribution in [1.29, 1.82) is 0 Å². The molecular weight excluding hydrogens is 586 g/mol. The van der Waals surface area contributed by atoms with Gasteiger partial charge in [0.2, 0.25) is 0 Å². The fourth-order valence-electron chi connectivity index (χ4n) is 4.87. The zero-order valence-electron chi connectivity index (χ0n) is 25.3. The van der Waals surface area contributed by atoms with Crippen molar-refractivity contribution in [3.63, 3.8) is 0 Å². The van der Waals surface area contributed by atoms with E-state index in [4.69, 9.17) is 25.8 Å². The first-order valence-electron chi connectivity index (χ1n) is 14.7. The highest BCUT2D eigenvalue weighted by Gasteiger charge is 2.36. The number of urea groups is 1. The van der Waals surface area contributed by atoms with E-state index in [0.717, 1.165) is 19.3 Å². The third-order valence-corrected chi connectivity index (χ3v) is 7.87. The molecule has 2 aliphatic rings. The first kappa shape index (κ1) is 31.2. The average molecular weight is 624 g/mol. The van der Waals surface area contributed by atoms with Crippen LogP contribution in [0.15, 0.2) is 48.7 Å². The van der Waals surface area contributed by atoms with Crippen molar-refractivity contribution in [3.8, 4) is 17.2 Å². The Kier molecular flexibility index (Phi) is 9.33. The molecule has 2 heterocycles. The average Bonchev–Trinajstić information content (AvgIpc) is 3.69. The summed E-state index contributed by atoms with van der Waals surface area (Å²) >= 11 is 5.95. The smallest absolute Gasteiger partial charge is 0.410 e. The Bertz CT molecular complexity index is 1520. The van der Waals surface area contributed by atoms with Gasteiger partial charge in [-0.1, -0.05) is 0 Å². The molecule has 3 N–H and O–H groups in total. The molecule has 1 aliphatic carbocycles. The summed E-state index contributed by atoms with van der Waals surface area (Å²) in [4.78, 5) is 43.6. The number of nitrogens with zero attached hydrogens (tertiary/aromatic N) is 2. The predicted molar refractivity (Wildman–Crippen MR) is 168 cm³/mol. The van der Waals surface area contributed by atoms with Gasteiger partial charge in [-0.25, -0.2) is 9.59 Å². The van der Waals surface area contributed by atoms with Gasteiger partial charge in [-0.3, -0.25) is 9.78 Å². The van der Waals surface area contributed by atoms with E-state index in [1.54, 1.807) is 60.6 Å². The van der Waals surface area contributed by atoms with Gasteiger partial charge < -0.3 is 35.1 Å². The van der Waals surface area contributed by atoms with Gasteiger partial charge in [0.25, 0.3) is 5.91 Å². The topological polar surface area (TPSA) is 131 Å². The standard InChI is InChI=1S/C32H38ClN5O6/c1-32(2,3)44-31(41)38-13-10-19(11-14-38)18-42-28-17-25-22(15-23(28)29(39)34-4)27(9-12-35-25)43-21-7-5-20(6-8-21)36-30(40)37-26-16-24(26)33/h5-9,12,15,17,19,24,26H,10-11,13-14,16,18H2,1-4H3,(H,34,39)(H2,36,37,40). The number of anilines is 1. The largest absolute Gasteiger partial charge is 0.492 e. The molecule has 1 saturated heterocycles. The molecule has 11 nitrogen and oxygen atoms in total. The van der Waals surface area contributed by atoms with E-state index in [9.17, 15) is 14.4 Å². The fraction of sp³-hybridized carbons (Fsp3) is 0.438. The summed E-state index contributed by atoms with van der Waals surface area (Å²) in [5, 5.41) is 8.91. The monoisotopic (exact) mass is 623 g/mol. The van der Waals surface area contributed by atoms with Crippen molar-refractivity contribution in [2.45, 2.75) is 57.1 Å². The van der Waals surface area contributed by atoms with Gasteiger partial charge in [0.15, 0.2) is 0 Å². The number of carbonyl (C=O) groups is 3. The second-order valence-electron chi connectivity index (χ2n) is 12.1. The number of alkyl halides is 1. The number of nitrogens with one attached hydrogen (secondary N) is 3. The Hall–Kier alpha value is -4.25. The second-order valence-corrected chi connectivity index (χ2v) is 12.6. The van der Waals surface area contributed by atoms with Crippen LogP contribution in [-0.4, -0.2) is 71.7 Å². The Morgan fingerprint density at radius 3 is 2.39 bits per heavy atom. The molecule has 0 bridgehead atoms.